The van der Waals surface area contributed by atoms with E-state index in [-0.39, 0.29) is 17.2 Å². The number of carbonyl (C=O) groups excluding carboxylic acids is 1. The average molecular weight is 581 g/mol. The van der Waals surface area contributed by atoms with Gasteiger partial charge < -0.3 is 20.1 Å². The number of phenolic OH excluding ortho intramolecular Hbond substituents is 1. The van der Waals surface area contributed by atoms with Crippen molar-refractivity contribution in [2.75, 3.05) is 51.3 Å². The summed E-state index contributed by atoms with van der Waals surface area (Å²) in [5.74, 6) is -3.95. The molecule has 0 radical (unpaired) electrons. The number of amidine groups is 2. The van der Waals surface area contributed by atoms with Crippen LogP contribution in [-0.2, 0) is 11.3 Å². The monoisotopic (exact) mass is 580 g/mol. The molecule has 3 rings (SSSR count). The molecule has 224 valence electrons. The number of hydrogen-bond donors (Lipinski definition) is 4. The van der Waals surface area contributed by atoms with Crippen molar-refractivity contribution in [3.8, 4) is 11.5 Å². The fourth-order valence-electron chi connectivity index (χ4n) is 4.57. The minimum absolute atomic E-state index is 0.115. The second kappa shape index (κ2) is 13.3. The number of amides is 1. The molecule has 1 aliphatic heterocycles. The van der Waals surface area contributed by atoms with E-state index in [2.05, 4.69) is 16.7 Å². The van der Waals surface area contributed by atoms with Crippen LogP contribution < -0.4 is 15.0 Å². The van der Waals surface area contributed by atoms with E-state index in [0.717, 1.165) is 38.8 Å². The Morgan fingerprint density at radius 3 is 2.29 bits per heavy atom. The standard InChI is InChI=1S/C28H36F4N6O3/c1-5-36-8-10-37(11-9-36)15-18-6-7-19(12-22(18)29)38(26(34)27(40)35-16-28(30,31)32)25(33)21-13-20(17(2)3)24(41-4)14-23(21)39/h6-7,12-14,17,33-34,39H,5,8-11,15-16H2,1-4H3,(H,35,40). The van der Waals surface area contributed by atoms with Gasteiger partial charge in [0.15, 0.2) is 5.84 Å². The maximum atomic E-state index is 15.4. The predicted molar refractivity (Wildman–Crippen MR) is 149 cm³/mol. The number of nitrogens with one attached hydrogen (secondary N) is 3. The van der Waals surface area contributed by atoms with Gasteiger partial charge in [-0.3, -0.25) is 25.4 Å². The van der Waals surface area contributed by atoms with Crippen LogP contribution in [0.5, 0.6) is 11.5 Å². The third-order valence-electron chi connectivity index (χ3n) is 6.94. The zero-order valence-corrected chi connectivity index (χ0v) is 23.5. The lowest BCUT2D eigenvalue weighted by Crippen LogP contribution is -2.48. The highest BCUT2D eigenvalue weighted by Crippen LogP contribution is 2.34. The van der Waals surface area contributed by atoms with Gasteiger partial charge in [0.25, 0.3) is 5.91 Å². The number of aromatic hydroxyl groups is 1. The third-order valence-corrected chi connectivity index (χ3v) is 6.94. The first-order valence-electron chi connectivity index (χ1n) is 13.2. The van der Waals surface area contributed by atoms with Crippen LogP contribution in [0.3, 0.4) is 0 Å². The Kier molecular flexibility index (Phi) is 10.3. The van der Waals surface area contributed by atoms with E-state index in [1.807, 2.05) is 13.8 Å². The number of halogens is 4. The number of methoxy groups -OCH3 is 1. The second-order valence-corrected chi connectivity index (χ2v) is 10.1. The van der Waals surface area contributed by atoms with E-state index in [0.29, 0.717) is 28.3 Å². The van der Waals surface area contributed by atoms with Gasteiger partial charge >= 0.3 is 6.18 Å². The molecule has 0 aromatic heterocycles. The molecule has 0 bridgehead atoms. The van der Waals surface area contributed by atoms with E-state index in [1.54, 1.807) is 5.32 Å². The fraction of sp³-hybridized carbons (Fsp3) is 0.464. The molecule has 0 aliphatic carbocycles. The first-order valence-corrected chi connectivity index (χ1v) is 13.2. The highest BCUT2D eigenvalue weighted by atomic mass is 19.4. The zero-order valence-electron chi connectivity index (χ0n) is 23.5. The van der Waals surface area contributed by atoms with E-state index in [9.17, 15) is 23.1 Å². The van der Waals surface area contributed by atoms with Gasteiger partial charge in [0, 0.05) is 44.4 Å². The molecule has 0 atom stereocenters. The molecule has 0 spiro atoms. The number of rotatable bonds is 8. The Morgan fingerprint density at radius 2 is 1.76 bits per heavy atom. The first-order chi connectivity index (χ1) is 19.2. The Labute approximate surface area is 236 Å². The van der Waals surface area contributed by atoms with E-state index in [4.69, 9.17) is 15.6 Å². The lowest BCUT2D eigenvalue weighted by molar-refractivity contribution is -0.134. The van der Waals surface area contributed by atoms with Gasteiger partial charge in [0.2, 0.25) is 0 Å². The molecule has 2 aromatic rings. The van der Waals surface area contributed by atoms with Crippen molar-refractivity contribution < 1.29 is 32.2 Å². The highest BCUT2D eigenvalue weighted by Gasteiger charge is 2.32. The topological polar surface area (TPSA) is 116 Å². The molecule has 1 heterocycles. The van der Waals surface area contributed by atoms with Crippen LogP contribution >= 0.6 is 0 Å². The second-order valence-electron chi connectivity index (χ2n) is 10.1. The van der Waals surface area contributed by atoms with Gasteiger partial charge in [-0.05, 0) is 36.2 Å². The Morgan fingerprint density at radius 1 is 1.12 bits per heavy atom. The van der Waals surface area contributed by atoms with Crippen molar-refractivity contribution in [1.82, 2.24) is 15.1 Å². The van der Waals surface area contributed by atoms with E-state index < -0.39 is 41.9 Å². The number of nitrogens with zero attached hydrogens (tertiary/aromatic N) is 3. The van der Waals surface area contributed by atoms with Crippen molar-refractivity contribution >= 4 is 23.3 Å². The van der Waals surface area contributed by atoms with Gasteiger partial charge in [-0.15, -0.1) is 0 Å². The third kappa shape index (κ3) is 7.94. The number of ether oxygens (including phenoxy) is 1. The summed E-state index contributed by atoms with van der Waals surface area (Å²) in [6.45, 7) is 8.56. The lowest BCUT2D eigenvalue weighted by Gasteiger charge is -2.34. The maximum absolute atomic E-state index is 15.4. The lowest BCUT2D eigenvalue weighted by atomic mass is 9.97. The zero-order chi connectivity index (χ0) is 30.5. The summed E-state index contributed by atoms with van der Waals surface area (Å²) in [7, 11) is 1.41. The molecule has 4 N–H and O–H groups in total. The molecule has 1 fully saturated rings. The Bertz CT molecular complexity index is 1280. The quantitative estimate of drug-likeness (QED) is 0.210. The fourth-order valence-corrected chi connectivity index (χ4v) is 4.57. The summed E-state index contributed by atoms with van der Waals surface area (Å²) in [6, 6.07) is 6.60. The van der Waals surface area contributed by atoms with E-state index >= 15 is 4.39 Å². The van der Waals surface area contributed by atoms with Crippen molar-refractivity contribution in [2.45, 2.75) is 39.4 Å². The number of piperazine rings is 1. The molecule has 0 saturated carbocycles. The van der Waals surface area contributed by atoms with Gasteiger partial charge in [0.05, 0.1) is 18.4 Å². The summed E-state index contributed by atoms with van der Waals surface area (Å²) in [5, 5.41) is 29.5. The van der Waals surface area contributed by atoms with Crippen LogP contribution in [0.4, 0.5) is 23.2 Å². The van der Waals surface area contributed by atoms with Gasteiger partial charge in [0.1, 0.15) is 29.7 Å². The Hall–Kier alpha value is -3.71. The van der Waals surface area contributed by atoms with Crippen molar-refractivity contribution in [3.05, 3.63) is 52.8 Å². The molecule has 41 heavy (non-hydrogen) atoms. The van der Waals surface area contributed by atoms with Crippen molar-refractivity contribution in [3.63, 3.8) is 0 Å². The molecular formula is C28H36F4N6O3. The highest BCUT2D eigenvalue weighted by molar-refractivity contribution is 6.48. The summed E-state index contributed by atoms with van der Waals surface area (Å²) in [4.78, 5) is 17.7. The minimum Gasteiger partial charge on any atom is -0.507 e. The average Bonchev–Trinajstić information content (AvgIpc) is 2.92. The number of phenols is 1. The van der Waals surface area contributed by atoms with Crippen LogP contribution in [0.15, 0.2) is 30.3 Å². The van der Waals surface area contributed by atoms with Crippen molar-refractivity contribution in [1.29, 1.82) is 10.8 Å². The van der Waals surface area contributed by atoms with Gasteiger partial charge in [-0.25, -0.2) is 4.39 Å². The number of carbonyl (C=O) groups is 1. The molecule has 9 nitrogen and oxygen atoms in total. The number of anilines is 1. The molecule has 13 heteroatoms. The number of likely N-dealkylation sites (N-methyl/N-ethyl adjacent to an activating group) is 1. The van der Waals surface area contributed by atoms with Gasteiger partial charge in [-0.2, -0.15) is 13.2 Å². The van der Waals surface area contributed by atoms with Crippen LogP contribution in [0.25, 0.3) is 0 Å². The van der Waals surface area contributed by atoms with Gasteiger partial charge in [-0.1, -0.05) is 26.8 Å². The minimum atomic E-state index is -4.73. The molecule has 1 amide bonds. The summed E-state index contributed by atoms with van der Waals surface area (Å²) in [5.41, 5.74) is 0.692. The first kappa shape index (κ1) is 31.8. The SMILES string of the molecule is CCN1CCN(Cc2ccc(N(C(=N)C(=O)NCC(F)(F)F)C(=N)c3cc(C(C)C)c(OC)cc3O)cc2F)CC1. The van der Waals surface area contributed by atoms with Crippen LogP contribution in [-0.4, -0.2) is 85.0 Å². The molecule has 2 aromatic carbocycles. The van der Waals surface area contributed by atoms with E-state index in [1.165, 1.54) is 31.4 Å². The van der Waals surface area contributed by atoms with Crippen LogP contribution in [0.2, 0.25) is 0 Å². The molecular weight excluding hydrogens is 544 g/mol. The largest absolute Gasteiger partial charge is 0.507 e. The number of hydrogen-bond acceptors (Lipinski definition) is 7. The number of alkyl halides is 3. The van der Waals surface area contributed by atoms with Crippen molar-refractivity contribution in [2.24, 2.45) is 0 Å². The maximum Gasteiger partial charge on any atom is 0.405 e. The Balaban J connectivity index is 1.99. The smallest absolute Gasteiger partial charge is 0.405 e. The van der Waals surface area contributed by atoms with Crippen LogP contribution in [0.1, 0.15) is 43.4 Å². The molecule has 1 aliphatic rings. The number of benzene rings is 2. The normalized spacial score (nSPS) is 14.7. The molecule has 1 saturated heterocycles. The summed E-state index contributed by atoms with van der Waals surface area (Å²) < 4.78 is 59.0. The summed E-state index contributed by atoms with van der Waals surface area (Å²) >= 11 is 0. The summed E-state index contributed by atoms with van der Waals surface area (Å²) in [6.07, 6.45) is -4.73. The predicted octanol–water partition coefficient (Wildman–Crippen LogP) is 4.29. The van der Waals surface area contributed by atoms with Crippen LogP contribution in [0, 0.1) is 16.6 Å². The molecule has 0 unspecified atom stereocenters.